The normalized spacial score (nSPS) is 13.1. The van der Waals surface area contributed by atoms with Crippen molar-refractivity contribution in [1.29, 1.82) is 0 Å². The Bertz CT molecular complexity index is 4170. The number of amides is 4. The first kappa shape index (κ1) is 73.6. The van der Waals surface area contributed by atoms with E-state index in [1.807, 2.05) is 45.0 Å². The number of aldehydes is 1. The van der Waals surface area contributed by atoms with Gasteiger partial charge in [-0.25, -0.2) is 33.6 Å². The summed E-state index contributed by atoms with van der Waals surface area (Å²) in [6.07, 6.45) is -0.734. The molecule has 0 atom stereocenters. The zero-order valence-corrected chi connectivity index (χ0v) is 63.8. The monoisotopic (exact) mass is 1480 g/mol. The molecule has 0 saturated heterocycles. The molecule has 25 heteroatoms. The minimum atomic E-state index is -2.64. The van der Waals surface area contributed by atoms with Crippen LogP contribution in [0.5, 0.6) is 0 Å². The van der Waals surface area contributed by atoms with Gasteiger partial charge < -0.3 is 73.5 Å². The molecule has 6 rings (SSSR count). The number of methoxy groups -OCH3 is 3. The molecule has 0 spiro atoms. The smallest absolute Gasteiger partial charge is 0.410 e. The molecule has 0 unspecified atom stereocenters. The standard InChI is InChI=1S/C15H21NO4.C15H20O4.C14H20N2O3.C14H21NO3.C14H19NO3.C9H11NO2/c1-15(2,3)20-14(18)16(4)10-11-6-8-12(9-7-11)13(17)19-5;1-15(2,3)19-13(16)10-7-11-5-8-12(9-6-11)14(17)18-4;1-14(2,3)19-13(17)16(4)10-12-7-5-11(6-8-12)9-15-18;2*1-14(2,3)18-13(17)15(4)9-11-5-7-12(10-16)8-6-11;1-12-9(11)8-4-2-7(6-10)3-5-8/h6-9H,10H2,1-5H3;5-6,8-9H,7,10H2,1-4H3;5-9,18H,10H2,1-4H3;5-8,16H,9-10H2,1-4H3;5-8,10H,9H2,1-4H3;2-5H,6,10H2,1H3/b;;15-9+;;;/i4D3;;3*4D3;. The molecule has 0 aromatic heterocycles. The number of benzene rings is 6. The van der Waals surface area contributed by atoms with Gasteiger partial charge in [-0.2, -0.15) is 0 Å². The van der Waals surface area contributed by atoms with Crippen LogP contribution < -0.4 is 5.73 Å². The molecule has 0 saturated carbocycles. The van der Waals surface area contributed by atoms with Gasteiger partial charge in [-0.15, -0.1) is 0 Å². The Kier molecular flexibility index (Phi) is 31.6. The summed E-state index contributed by atoms with van der Waals surface area (Å²) in [6, 6.07) is 39.9. The first-order valence-corrected chi connectivity index (χ1v) is 33.1. The van der Waals surface area contributed by atoms with Crippen LogP contribution in [0, 0.1) is 0 Å². The van der Waals surface area contributed by atoms with E-state index in [-0.39, 0.29) is 50.7 Å². The Morgan fingerprint density at radius 3 is 0.896 bits per heavy atom. The number of nitrogens with zero attached hydrogens (tertiary/aromatic N) is 5. The highest BCUT2D eigenvalue weighted by atomic mass is 16.6. The van der Waals surface area contributed by atoms with Gasteiger partial charge in [0.2, 0.25) is 0 Å². The van der Waals surface area contributed by atoms with Crippen molar-refractivity contribution in [2.45, 2.75) is 184 Å². The molecule has 0 heterocycles. The third-order valence-corrected chi connectivity index (χ3v) is 12.7. The molecule has 6 aromatic carbocycles. The van der Waals surface area contributed by atoms with E-state index >= 15 is 0 Å². The number of carbonyl (C=O) groups excluding carboxylic acids is 9. The molecule has 4 N–H and O–H groups in total. The number of rotatable bonds is 18. The van der Waals surface area contributed by atoms with Crippen LogP contribution in [-0.4, -0.2) is 168 Å². The van der Waals surface area contributed by atoms with E-state index in [4.69, 9.17) is 56.2 Å². The van der Waals surface area contributed by atoms with Crippen LogP contribution in [0.1, 0.15) is 213 Å². The number of aliphatic hydroxyl groups is 1. The Labute approximate surface area is 642 Å². The maximum absolute atomic E-state index is 12.1. The fraction of sp³-hybridized carbons (Fsp3) is 0.432. The van der Waals surface area contributed by atoms with Crippen molar-refractivity contribution in [3.63, 3.8) is 0 Å². The van der Waals surface area contributed by atoms with E-state index in [2.05, 4.69) is 19.4 Å². The van der Waals surface area contributed by atoms with Crippen molar-refractivity contribution < 1.29 is 108 Å². The summed E-state index contributed by atoms with van der Waals surface area (Å²) < 4.78 is 129. The predicted molar refractivity (Wildman–Crippen MR) is 406 cm³/mol. The molecule has 0 radical (unpaired) electrons. The molecular formula is C81H112N6O19. The lowest BCUT2D eigenvalue weighted by Gasteiger charge is -2.24. The quantitative estimate of drug-likeness (QED) is 0.0180. The lowest BCUT2D eigenvalue weighted by molar-refractivity contribution is -0.154. The zero-order chi connectivity index (χ0) is 90.8. The minimum Gasteiger partial charge on any atom is -0.465 e. The minimum absolute atomic E-state index is 0.0862. The number of esters is 4. The third kappa shape index (κ3) is 41.6. The average molecular weight is 1490 g/mol. The average Bonchev–Trinajstić information content (AvgIpc) is 0.840. The van der Waals surface area contributed by atoms with Gasteiger partial charge >= 0.3 is 48.3 Å². The van der Waals surface area contributed by atoms with Crippen LogP contribution in [0.15, 0.2) is 151 Å². The lowest BCUT2D eigenvalue weighted by atomic mass is 10.1. The molecule has 0 aliphatic heterocycles. The number of carbonyl (C=O) groups is 9. The van der Waals surface area contributed by atoms with Crippen LogP contribution in [0.3, 0.4) is 0 Å². The molecule has 0 fully saturated rings. The fourth-order valence-electron chi connectivity index (χ4n) is 7.81. The van der Waals surface area contributed by atoms with Crippen molar-refractivity contribution in [3.8, 4) is 0 Å². The van der Waals surface area contributed by atoms with E-state index in [1.54, 1.807) is 192 Å². The maximum Gasteiger partial charge on any atom is 0.410 e. The summed E-state index contributed by atoms with van der Waals surface area (Å²) in [4.78, 5) is 107. The number of aliphatic hydroxyl groups excluding tert-OH is 1. The van der Waals surface area contributed by atoms with Gasteiger partial charge in [0.25, 0.3) is 0 Å². The van der Waals surface area contributed by atoms with Crippen molar-refractivity contribution in [1.82, 2.24) is 19.6 Å². The summed E-state index contributed by atoms with van der Waals surface area (Å²) >= 11 is 0. The van der Waals surface area contributed by atoms with Gasteiger partial charge in [-0.3, -0.25) is 9.59 Å². The van der Waals surface area contributed by atoms with Crippen LogP contribution in [0.4, 0.5) is 19.2 Å². The Morgan fingerprint density at radius 2 is 0.651 bits per heavy atom. The van der Waals surface area contributed by atoms with Crippen molar-refractivity contribution in [2.75, 3.05) is 49.2 Å². The number of aryl methyl sites for hydroxylation is 1. The molecule has 25 nitrogen and oxygen atoms in total. The number of hydrogen-bond donors (Lipinski definition) is 3. The number of nitrogens with two attached hydrogens (primary N) is 1. The summed E-state index contributed by atoms with van der Waals surface area (Å²) in [5.41, 5.74) is 9.49. The first-order chi connectivity index (χ1) is 54.1. The second kappa shape index (κ2) is 45.5. The zero-order valence-electron chi connectivity index (χ0n) is 75.8. The molecular weight excluding hydrogens is 1360 g/mol. The van der Waals surface area contributed by atoms with Gasteiger partial charge in [0.05, 0.1) is 50.8 Å². The number of oxime groups is 1. The largest absolute Gasteiger partial charge is 0.465 e. The summed E-state index contributed by atoms with van der Waals surface area (Å²) in [7, 11) is 3.98. The van der Waals surface area contributed by atoms with Gasteiger partial charge in [0.1, 0.15) is 34.3 Å². The highest BCUT2D eigenvalue weighted by Crippen LogP contribution is 2.19. The molecule has 6 aromatic rings. The fourth-order valence-corrected chi connectivity index (χ4v) is 7.81. The van der Waals surface area contributed by atoms with Crippen LogP contribution in [0.25, 0.3) is 0 Å². The topological polar surface area (TPSA) is 319 Å². The summed E-state index contributed by atoms with van der Waals surface area (Å²) in [5.74, 6) is -1.39. The van der Waals surface area contributed by atoms with Crippen molar-refractivity contribution in [2.24, 2.45) is 10.9 Å². The molecule has 0 bridgehead atoms. The number of hydrogen-bond acceptors (Lipinski definition) is 21. The SMILES string of the molecule is COC(=O)c1ccc(CCC(=O)OC(C)(C)C)cc1.COC(=O)c1ccc(CN)cc1.[2H]C([2H])([2H])N(Cc1ccc(/C=N/O)cc1)C(=O)OC(C)(C)C.[2H]C([2H])([2H])N(Cc1ccc(C(=O)OC)cc1)C(=O)OC(C)(C)C.[2H]C([2H])([2H])N(Cc1ccc(C=O)cc1)C(=O)OC(C)(C)C.[2H]C([2H])([2H])N(Cc1ccc(CO)cc1)C(=O)OC(C)(C)C. The Hall–Kier alpha value is -10.7. The van der Waals surface area contributed by atoms with E-state index in [9.17, 15) is 43.2 Å². The second-order valence-electron chi connectivity index (χ2n) is 27.9. The summed E-state index contributed by atoms with van der Waals surface area (Å²) in [6.45, 7) is 15.1. The third-order valence-electron chi connectivity index (χ3n) is 12.7. The van der Waals surface area contributed by atoms with Crippen molar-refractivity contribution >= 4 is 60.8 Å². The van der Waals surface area contributed by atoms with E-state index in [1.165, 1.54) is 39.7 Å². The predicted octanol–water partition coefficient (Wildman–Crippen LogP) is 14.8. The summed E-state index contributed by atoms with van der Waals surface area (Å²) in [5, 5.41) is 20.3. The highest BCUT2D eigenvalue weighted by molar-refractivity contribution is 5.90. The maximum atomic E-state index is 12.1. The highest BCUT2D eigenvalue weighted by Gasteiger charge is 2.24. The molecule has 106 heavy (non-hydrogen) atoms. The van der Waals surface area contributed by atoms with E-state index in [0.29, 0.717) is 95.3 Å². The Balaban J connectivity index is 0.000000714. The first-order valence-electron chi connectivity index (χ1n) is 39.1. The van der Waals surface area contributed by atoms with E-state index < -0.39 is 86.3 Å². The molecule has 580 valence electrons. The lowest BCUT2D eigenvalue weighted by Crippen LogP contribution is -2.33. The Morgan fingerprint density at radius 1 is 0.396 bits per heavy atom. The van der Waals surface area contributed by atoms with Gasteiger partial charge in [0.15, 0.2) is 0 Å². The van der Waals surface area contributed by atoms with Crippen LogP contribution in [0.2, 0.25) is 0 Å². The van der Waals surface area contributed by atoms with Gasteiger partial charge in [-0.1, -0.05) is 114 Å². The van der Waals surface area contributed by atoms with Crippen LogP contribution in [-0.2, 0) is 88.4 Å². The van der Waals surface area contributed by atoms with Gasteiger partial charge in [-0.05, 0) is 191 Å². The molecule has 0 aliphatic carbocycles. The molecule has 0 aliphatic rings. The van der Waals surface area contributed by atoms with Crippen LogP contribution >= 0.6 is 0 Å². The van der Waals surface area contributed by atoms with Crippen molar-refractivity contribution in [3.05, 3.63) is 212 Å². The van der Waals surface area contributed by atoms with E-state index in [0.717, 1.165) is 16.7 Å². The second-order valence-corrected chi connectivity index (χ2v) is 27.9. The number of ether oxygens (including phenoxy) is 8. The van der Waals surface area contributed by atoms with Gasteiger partial charge in [0, 0.05) is 89.1 Å². The molecule has 4 amide bonds.